The Bertz CT molecular complexity index is 1060. The summed E-state index contributed by atoms with van der Waals surface area (Å²) in [5.41, 5.74) is -2.39. The Morgan fingerprint density at radius 1 is 1.20 bits per heavy atom. The second-order valence-electron chi connectivity index (χ2n) is 13.4. The third-order valence-electron chi connectivity index (χ3n) is 11.4. The average molecular weight is 563 g/mol. The summed E-state index contributed by atoms with van der Waals surface area (Å²) in [7, 11) is 1.48. The van der Waals surface area contributed by atoms with Gasteiger partial charge >= 0.3 is 11.9 Å². The van der Waals surface area contributed by atoms with Crippen molar-refractivity contribution in [1.82, 2.24) is 0 Å². The van der Waals surface area contributed by atoms with E-state index in [9.17, 15) is 24.6 Å². The van der Waals surface area contributed by atoms with Crippen LogP contribution in [0, 0.1) is 45.8 Å². The zero-order chi connectivity index (χ0) is 29.2. The summed E-state index contributed by atoms with van der Waals surface area (Å²) in [4.78, 5) is 39.2. The first kappa shape index (κ1) is 29.7. The van der Waals surface area contributed by atoms with Crippen LogP contribution in [0.25, 0.3) is 0 Å². The van der Waals surface area contributed by atoms with Gasteiger partial charge in [0.15, 0.2) is 12.4 Å². The van der Waals surface area contributed by atoms with Gasteiger partial charge in [-0.3, -0.25) is 9.59 Å². The maximum absolute atomic E-state index is 13.6. The lowest BCUT2D eigenvalue weighted by atomic mass is 9.43. The fourth-order valence-electron chi connectivity index (χ4n) is 9.87. The van der Waals surface area contributed by atoms with E-state index in [0.29, 0.717) is 25.2 Å². The molecule has 5 aliphatic rings. The topological polar surface area (TPSA) is 129 Å². The minimum atomic E-state index is -1.38. The van der Waals surface area contributed by atoms with Gasteiger partial charge < -0.3 is 34.0 Å². The van der Waals surface area contributed by atoms with Gasteiger partial charge in [0.1, 0.15) is 23.9 Å². The summed E-state index contributed by atoms with van der Waals surface area (Å²) in [5.74, 6) is -0.930. The Hall–Kier alpha value is -1.81. The molecular weight excluding hydrogens is 516 g/mol. The van der Waals surface area contributed by atoms with E-state index in [1.165, 1.54) is 7.11 Å². The summed E-state index contributed by atoms with van der Waals surface area (Å²) >= 11 is 0. The number of carboxylic acid groups (broad SMARTS) is 1. The molecule has 4 unspecified atom stereocenters. The fraction of sp³-hybridized carbons (Fsp3) is 0.839. The molecule has 9 heteroatoms. The number of rotatable bonds is 10. The van der Waals surface area contributed by atoms with Crippen LogP contribution in [-0.4, -0.2) is 72.9 Å². The molecule has 224 valence electrons. The number of allylic oxidation sites excluding steroid dienone is 1. The molecule has 1 heterocycles. The molecule has 9 nitrogen and oxygen atoms in total. The Morgan fingerprint density at radius 3 is 2.52 bits per heavy atom. The number of aliphatic hydroxyl groups excluding tert-OH is 1. The molecule has 5 rings (SSSR count). The number of carboxylic acids is 1. The van der Waals surface area contributed by atoms with E-state index < -0.39 is 58.9 Å². The van der Waals surface area contributed by atoms with Crippen LogP contribution in [0.5, 0.6) is 0 Å². The second-order valence-corrected chi connectivity index (χ2v) is 13.4. The lowest BCUT2D eigenvalue weighted by Gasteiger charge is -2.58. The SMILES string of the molecule is CCCC(=O)O[C@H]1[C@H](O)[C@H](OCC23C[C@@H]4[C@H](C)CC[C@H]4C4(C=O)CC2C=C(C(C)C)C34C(=O)O)O[C@H](C)[C@H]1OC. The van der Waals surface area contributed by atoms with Gasteiger partial charge in [-0.15, -0.1) is 0 Å². The van der Waals surface area contributed by atoms with Crippen LogP contribution in [0.15, 0.2) is 11.6 Å². The number of methoxy groups -OCH3 is 1. The number of hydrogen-bond donors (Lipinski definition) is 2. The van der Waals surface area contributed by atoms with Crippen molar-refractivity contribution in [3.8, 4) is 0 Å². The van der Waals surface area contributed by atoms with Crippen molar-refractivity contribution in [2.45, 2.75) is 104 Å². The third-order valence-corrected chi connectivity index (χ3v) is 11.4. The first-order valence-corrected chi connectivity index (χ1v) is 15.0. The Morgan fingerprint density at radius 2 is 1.93 bits per heavy atom. The molecule has 0 amide bonds. The predicted octanol–water partition coefficient (Wildman–Crippen LogP) is 3.76. The molecule has 3 saturated carbocycles. The van der Waals surface area contributed by atoms with E-state index in [0.717, 1.165) is 24.7 Å². The molecule has 4 aliphatic carbocycles. The highest BCUT2D eigenvalue weighted by Crippen LogP contribution is 2.82. The van der Waals surface area contributed by atoms with Gasteiger partial charge in [0, 0.05) is 18.9 Å². The lowest BCUT2D eigenvalue weighted by Crippen LogP contribution is -2.64. The van der Waals surface area contributed by atoms with Crippen LogP contribution >= 0.6 is 0 Å². The summed E-state index contributed by atoms with van der Waals surface area (Å²) in [6.45, 7) is 9.88. The van der Waals surface area contributed by atoms with Crippen LogP contribution in [0.4, 0.5) is 0 Å². The molecule has 12 atom stereocenters. The summed E-state index contributed by atoms with van der Waals surface area (Å²) < 4.78 is 23.7. The maximum Gasteiger partial charge on any atom is 0.315 e. The number of carbonyl (C=O) groups excluding carboxylic acids is 2. The van der Waals surface area contributed by atoms with Gasteiger partial charge in [0.2, 0.25) is 0 Å². The Kier molecular flexibility index (Phi) is 7.77. The molecule has 4 bridgehead atoms. The lowest BCUT2D eigenvalue weighted by molar-refractivity contribution is -0.309. The quantitative estimate of drug-likeness (QED) is 0.232. The van der Waals surface area contributed by atoms with Crippen molar-refractivity contribution < 1.29 is 43.5 Å². The standard InChI is InChI=1S/C31H46O9/c1-7-8-23(33)40-26-24(34)27(39-18(5)25(26)37-6)38-15-30-13-20-17(4)9-10-21(20)29(14-32)12-19(30)11-22(16(2)3)31(29,30)28(35)36/h11,14,16-21,24-27,34H,7-10,12-13,15H2,1-6H3,(H,35,36)/t17-,18-,19?,20-,21-,24+,25-,26+,27-,29?,30?,31?/m1/s1. The molecule has 40 heavy (non-hydrogen) atoms. The fourth-order valence-corrected chi connectivity index (χ4v) is 9.87. The number of aliphatic carboxylic acids is 1. The summed E-state index contributed by atoms with van der Waals surface area (Å²) in [5, 5.41) is 22.5. The first-order chi connectivity index (χ1) is 18.9. The van der Waals surface area contributed by atoms with Crippen LogP contribution in [-0.2, 0) is 33.3 Å². The smallest absolute Gasteiger partial charge is 0.315 e. The normalized spacial score (nSPS) is 47.2. The minimum absolute atomic E-state index is 0.0178. The average Bonchev–Trinajstić information content (AvgIpc) is 3.47. The van der Waals surface area contributed by atoms with Gasteiger partial charge in [0.05, 0.1) is 18.1 Å². The van der Waals surface area contributed by atoms with E-state index in [-0.39, 0.29) is 36.7 Å². The molecule has 0 aromatic heterocycles. The van der Waals surface area contributed by atoms with E-state index in [1.807, 2.05) is 20.8 Å². The number of carbonyl (C=O) groups is 3. The highest BCUT2D eigenvalue weighted by molar-refractivity contribution is 5.90. The number of fused-ring (bicyclic) bond motifs is 2. The molecule has 0 radical (unpaired) electrons. The van der Waals surface area contributed by atoms with Crippen molar-refractivity contribution in [2.75, 3.05) is 13.7 Å². The number of ether oxygens (including phenoxy) is 4. The molecule has 1 saturated heterocycles. The molecule has 1 aliphatic heterocycles. The minimum Gasteiger partial charge on any atom is -0.481 e. The van der Waals surface area contributed by atoms with Gasteiger partial charge in [-0.25, -0.2) is 0 Å². The maximum atomic E-state index is 13.6. The van der Waals surface area contributed by atoms with E-state index >= 15 is 0 Å². The molecule has 2 N–H and O–H groups in total. The summed E-state index contributed by atoms with van der Waals surface area (Å²) in [6, 6.07) is 0. The van der Waals surface area contributed by atoms with Gasteiger partial charge in [-0.1, -0.05) is 45.8 Å². The van der Waals surface area contributed by atoms with Crippen LogP contribution in [0.3, 0.4) is 0 Å². The Balaban J connectivity index is 1.51. The van der Waals surface area contributed by atoms with Gasteiger partial charge in [-0.2, -0.15) is 0 Å². The first-order valence-electron chi connectivity index (χ1n) is 15.0. The number of esters is 1. The van der Waals surface area contributed by atoms with Crippen LogP contribution in [0.2, 0.25) is 0 Å². The largest absolute Gasteiger partial charge is 0.481 e. The predicted molar refractivity (Wildman–Crippen MR) is 144 cm³/mol. The van der Waals surface area contributed by atoms with Crippen molar-refractivity contribution in [1.29, 1.82) is 0 Å². The van der Waals surface area contributed by atoms with Crippen molar-refractivity contribution >= 4 is 18.2 Å². The zero-order valence-electron chi connectivity index (χ0n) is 24.6. The van der Waals surface area contributed by atoms with Crippen LogP contribution in [0.1, 0.15) is 73.1 Å². The zero-order valence-corrected chi connectivity index (χ0v) is 24.6. The third kappa shape index (κ3) is 3.76. The van der Waals surface area contributed by atoms with Crippen molar-refractivity contribution in [2.24, 2.45) is 45.8 Å². The number of hydrogen-bond acceptors (Lipinski definition) is 8. The monoisotopic (exact) mass is 562 g/mol. The molecule has 0 aromatic rings. The van der Waals surface area contributed by atoms with E-state index in [4.69, 9.17) is 18.9 Å². The van der Waals surface area contributed by atoms with E-state index in [1.54, 1.807) is 6.92 Å². The van der Waals surface area contributed by atoms with Gasteiger partial charge in [0.25, 0.3) is 0 Å². The van der Waals surface area contributed by atoms with Crippen LogP contribution < -0.4 is 0 Å². The highest BCUT2D eigenvalue weighted by Gasteiger charge is 2.84. The molecular formula is C31H46O9. The molecule has 4 fully saturated rings. The molecule has 0 aromatic carbocycles. The number of aliphatic hydroxyl groups is 1. The Labute approximate surface area is 236 Å². The van der Waals surface area contributed by atoms with E-state index in [2.05, 4.69) is 13.0 Å². The van der Waals surface area contributed by atoms with Crippen molar-refractivity contribution in [3.63, 3.8) is 0 Å². The molecule has 0 spiro atoms. The summed E-state index contributed by atoms with van der Waals surface area (Å²) in [6.07, 6.45) is 2.22. The van der Waals surface area contributed by atoms with Crippen molar-refractivity contribution in [3.05, 3.63) is 11.6 Å². The highest BCUT2D eigenvalue weighted by atomic mass is 16.7. The van der Waals surface area contributed by atoms with Gasteiger partial charge in [-0.05, 0) is 62.2 Å². The number of aldehydes is 1. The second kappa shape index (κ2) is 10.5.